The minimum atomic E-state index is 0.690. The third-order valence-corrected chi connectivity index (χ3v) is 3.81. The van der Waals surface area contributed by atoms with Crippen molar-refractivity contribution >= 4 is 11.6 Å². The number of hydrogen-bond donors (Lipinski definition) is 2. The number of rotatable bonds is 7. The summed E-state index contributed by atoms with van der Waals surface area (Å²) >= 11 is 0. The van der Waals surface area contributed by atoms with E-state index in [9.17, 15) is 0 Å². The van der Waals surface area contributed by atoms with Crippen molar-refractivity contribution in [2.75, 3.05) is 16.9 Å². The Morgan fingerprint density at radius 1 is 1.32 bits per heavy atom. The second-order valence-electron chi connectivity index (χ2n) is 5.75. The number of hydrogen-bond acceptors (Lipinski definition) is 5. The van der Waals surface area contributed by atoms with Crippen LogP contribution >= 0.6 is 0 Å². The molecular weight excluding hydrogens is 238 g/mol. The van der Waals surface area contributed by atoms with Crippen LogP contribution in [0.25, 0.3) is 0 Å². The van der Waals surface area contributed by atoms with Crippen LogP contribution in [-0.2, 0) is 6.42 Å². The Labute approximate surface area is 114 Å². The molecule has 0 aromatic carbocycles. The molecule has 104 valence electrons. The number of hydrazine groups is 1. The van der Waals surface area contributed by atoms with E-state index in [-0.39, 0.29) is 0 Å². The van der Waals surface area contributed by atoms with E-state index in [2.05, 4.69) is 22.2 Å². The number of nitrogens with two attached hydrogens (primary N) is 1. The summed E-state index contributed by atoms with van der Waals surface area (Å²) in [7, 11) is 0. The Kier molecular flexibility index (Phi) is 3.55. The third kappa shape index (κ3) is 3.15. The smallest absolute Gasteiger partial charge is 0.145 e. The topological polar surface area (TPSA) is 67.1 Å². The largest absolute Gasteiger partial charge is 0.353 e. The lowest BCUT2D eigenvalue weighted by atomic mass is 10.3. The zero-order valence-corrected chi connectivity index (χ0v) is 11.6. The van der Waals surface area contributed by atoms with Crippen LogP contribution in [0, 0.1) is 5.92 Å². The highest BCUT2D eigenvalue weighted by atomic mass is 15.3. The van der Waals surface area contributed by atoms with Gasteiger partial charge in [0.2, 0.25) is 0 Å². The van der Waals surface area contributed by atoms with Gasteiger partial charge in [0, 0.05) is 25.1 Å². The van der Waals surface area contributed by atoms with Crippen LogP contribution in [0.15, 0.2) is 6.07 Å². The fraction of sp³-hybridized carbons (Fsp3) is 0.714. The number of nitrogens with one attached hydrogen (secondary N) is 1. The highest BCUT2D eigenvalue weighted by Crippen LogP contribution is 2.37. The second-order valence-corrected chi connectivity index (χ2v) is 5.75. The Morgan fingerprint density at radius 2 is 2.11 bits per heavy atom. The molecule has 1 aromatic heterocycles. The quantitative estimate of drug-likeness (QED) is 0.581. The van der Waals surface area contributed by atoms with Gasteiger partial charge in [0.15, 0.2) is 0 Å². The molecular formula is C14H23N5. The van der Waals surface area contributed by atoms with Crippen molar-refractivity contribution in [3.05, 3.63) is 11.9 Å². The average molecular weight is 261 g/mol. The minimum Gasteiger partial charge on any atom is -0.353 e. The summed E-state index contributed by atoms with van der Waals surface area (Å²) in [4.78, 5) is 11.6. The predicted molar refractivity (Wildman–Crippen MR) is 76.9 cm³/mol. The molecule has 0 spiro atoms. The molecule has 5 heteroatoms. The molecule has 1 heterocycles. The van der Waals surface area contributed by atoms with Gasteiger partial charge >= 0.3 is 0 Å². The normalized spacial score (nSPS) is 18.4. The summed E-state index contributed by atoms with van der Waals surface area (Å²) < 4.78 is 0. The number of nitrogen functional groups attached to an aromatic ring is 1. The van der Waals surface area contributed by atoms with E-state index in [4.69, 9.17) is 10.8 Å². The Morgan fingerprint density at radius 3 is 2.68 bits per heavy atom. The van der Waals surface area contributed by atoms with Gasteiger partial charge in [-0.2, -0.15) is 0 Å². The van der Waals surface area contributed by atoms with Crippen molar-refractivity contribution in [1.82, 2.24) is 9.97 Å². The zero-order chi connectivity index (χ0) is 13.2. The number of aromatic nitrogens is 2. The standard InChI is InChI=1S/C14H23N5/c1-2-3-12-16-13(18-15)8-14(17-12)19(11-6-7-11)9-10-4-5-10/h8,10-11H,2-7,9,15H2,1H3,(H,16,17,18). The summed E-state index contributed by atoms with van der Waals surface area (Å²) in [5, 5.41) is 0. The molecule has 0 saturated heterocycles. The Balaban J connectivity index is 1.84. The molecule has 0 radical (unpaired) electrons. The third-order valence-electron chi connectivity index (χ3n) is 3.81. The molecule has 2 aliphatic rings. The predicted octanol–water partition coefficient (Wildman–Crippen LogP) is 2.09. The van der Waals surface area contributed by atoms with Gasteiger partial charge in [-0.15, -0.1) is 0 Å². The van der Waals surface area contributed by atoms with E-state index >= 15 is 0 Å². The fourth-order valence-electron chi connectivity index (χ4n) is 2.43. The van der Waals surface area contributed by atoms with Gasteiger partial charge in [-0.05, 0) is 38.0 Å². The van der Waals surface area contributed by atoms with E-state index in [0.717, 1.165) is 42.8 Å². The van der Waals surface area contributed by atoms with Crippen molar-refractivity contribution in [2.24, 2.45) is 11.8 Å². The van der Waals surface area contributed by atoms with Crippen LogP contribution in [0.1, 0.15) is 44.9 Å². The Hall–Kier alpha value is -1.36. The molecule has 0 amide bonds. The van der Waals surface area contributed by atoms with Crippen LogP contribution < -0.4 is 16.2 Å². The monoisotopic (exact) mass is 261 g/mol. The van der Waals surface area contributed by atoms with Gasteiger partial charge < -0.3 is 10.3 Å². The number of nitrogens with zero attached hydrogens (tertiary/aromatic N) is 3. The van der Waals surface area contributed by atoms with E-state index in [1.165, 1.54) is 25.7 Å². The van der Waals surface area contributed by atoms with E-state index < -0.39 is 0 Å². The maximum atomic E-state index is 5.53. The summed E-state index contributed by atoms with van der Waals surface area (Å²) in [6, 6.07) is 2.68. The highest BCUT2D eigenvalue weighted by molar-refractivity contribution is 5.50. The second kappa shape index (κ2) is 5.33. The molecule has 0 unspecified atom stereocenters. The minimum absolute atomic E-state index is 0.690. The number of anilines is 2. The lowest BCUT2D eigenvalue weighted by Gasteiger charge is -2.24. The van der Waals surface area contributed by atoms with E-state index in [1.54, 1.807) is 0 Å². The average Bonchev–Trinajstić information content (AvgIpc) is 3.28. The van der Waals surface area contributed by atoms with Gasteiger partial charge in [0.05, 0.1) is 0 Å². The Bertz CT molecular complexity index is 439. The van der Waals surface area contributed by atoms with Gasteiger partial charge in [0.1, 0.15) is 17.5 Å². The van der Waals surface area contributed by atoms with Crippen LogP contribution in [0.4, 0.5) is 11.6 Å². The first kappa shape index (κ1) is 12.7. The van der Waals surface area contributed by atoms with Crippen LogP contribution in [0.3, 0.4) is 0 Å². The van der Waals surface area contributed by atoms with Gasteiger partial charge in [-0.3, -0.25) is 0 Å². The highest BCUT2D eigenvalue weighted by Gasteiger charge is 2.34. The van der Waals surface area contributed by atoms with Crippen LogP contribution in [0.5, 0.6) is 0 Å². The molecule has 19 heavy (non-hydrogen) atoms. The first-order valence-corrected chi connectivity index (χ1v) is 7.41. The molecule has 0 atom stereocenters. The molecule has 5 nitrogen and oxygen atoms in total. The lowest BCUT2D eigenvalue weighted by Crippen LogP contribution is -2.29. The molecule has 0 bridgehead atoms. The number of aryl methyl sites for hydroxylation is 1. The summed E-state index contributed by atoms with van der Waals surface area (Å²) in [6.07, 6.45) is 7.30. The van der Waals surface area contributed by atoms with Crippen LogP contribution in [-0.4, -0.2) is 22.6 Å². The first-order chi connectivity index (χ1) is 9.30. The van der Waals surface area contributed by atoms with Gasteiger partial charge in [0.25, 0.3) is 0 Å². The maximum Gasteiger partial charge on any atom is 0.145 e. The molecule has 2 aliphatic carbocycles. The summed E-state index contributed by atoms with van der Waals surface area (Å²) in [5.74, 6) is 9.09. The molecule has 2 saturated carbocycles. The van der Waals surface area contributed by atoms with Crippen LogP contribution in [0.2, 0.25) is 0 Å². The van der Waals surface area contributed by atoms with E-state index in [0.29, 0.717) is 6.04 Å². The van der Waals surface area contributed by atoms with Gasteiger partial charge in [-0.1, -0.05) is 6.92 Å². The molecule has 1 aromatic rings. The van der Waals surface area contributed by atoms with Crippen molar-refractivity contribution in [1.29, 1.82) is 0 Å². The molecule has 3 rings (SSSR count). The van der Waals surface area contributed by atoms with Gasteiger partial charge in [-0.25, -0.2) is 15.8 Å². The fourth-order valence-corrected chi connectivity index (χ4v) is 2.43. The van der Waals surface area contributed by atoms with E-state index in [1.807, 2.05) is 6.07 Å². The summed E-state index contributed by atoms with van der Waals surface area (Å²) in [6.45, 7) is 3.30. The molecule has 3 N–H and O–H groups in total. The first-order valence-electron chi connectivity index (χ1n) is 7.41. The molecule has 0 aliphatic heterocycles. The zero-order valence-electron chi connectivity index (χ0n) is 11.6. The maximum absolute atomic E-state index is 5.53. The van der Waals surface area contributed by atoms with Crippen molar-refractivity contribution in [2.45, 2.75) is 51.5 Å². The van der Waals surface area contributed by atoms with Crippen molar-refractivity contribution in [3.63, 3.8) is 0 Å². The lowest BCUT2D eigenvalue weighted by molar-refractivity contribution is 0.701. The van der Waals surface area contributed by atoms with Crippen molar-refractivity contribution in [3.8, 4) is 0 Å². The van der Waals surface area contributed by atoms with Crippen molar-refractivity contribution < 1.29 is 0 Å². The summed E-state index contributed by atoms with van der Waals surface area (Å²) in [5.41, 5.74) is 2.67. The molecule has 2 fully saturated rings. The SMILES string of the molecule is CCCc1nc(NN)cc(N(CC2CC2)C2CC2)n1.